The number of carbonyl (C=O) groups is 1. The zero-order chi connectivity index (χ0) is 15.5. The van der Waals surface area contributed by atoms with Crippen molar-refractivity contribution in [3.05, 3.63) is 35.9 Å². The fourth-order valence-corrected chi connectivity index (χ4v) is 2.09. The average molecular weight is 293 g/mol. The van der Waals surface area contributed by atoms with Crippen molar-refractivity contribution >= 4 is 5.91 Å². The Balaban J connectivity index is 2.12. The van der Waals surface area contributed by atoms with E-state index < -0.39 is 0 Å². The minimum atomic E-state index is -0.189. The van der Waals surface area contributed by atoms with Gasteiger partial charge in [-0.3, -0.25) is 4.79 Å². The summed E-state index contributed by atoms with van der Waals surface area (Å²) in [6, 6.07) is 10.4. The number of benzene rings is 1. The summed E-state index contributed by atoms with van der Waals surface area (Å²) in [5, 5.41) is 2.90. The van der Waals surface area contributed by atoms with Gasteiger partial charge < -0.3 is 20.7 Å². The van der Waals surface area contributed by atoms with Crippen LogP contribution in [0.2, 0.25) is 0 Å². The number of hydrogen-bond donors (Lipinski definition) is 2. The maximum atomic E-state index is 11.6. The number of rotatable bonds is 10. The number of carbonyl (C=O) groups excluding carboxylic acids is 1. The molecule has 5 nitrogen and oxygen atoms in total. The lowest BCUT2D eigenvalue weighted by Crippen LogP contribution is -2.33. The minimum absolute atomic E-state index is 0.00184. The first-order valence-electron chi connectivity index (χ1n) is 7.37. The zero-order valence-corrected chi connectivity index (χ0v) is 13.0. The van der Waals surface area contributed by atoms with Gasteiger partial charge in [-0.25, -0.2) is 0 Å². The highest BCUT2D eigenvalue weighted by Gasteiger charge is 2.10. The second kappa shape index (κ2) is 10.3. The third-order valence-electron chi connectivity index (χ3n) is 3.34. The van der Waals surface area contributed by atoms with E-state index in [9.17, 15) is 4.79 Å². The van der Waals surface area contributed by atoms with Crippen LogP contribution in [0.5, 0.6) is 0 Å². The molecule has 0 heterocycles. The molecule has 5 heteroatoms. The molecule has 1 aromatic rings. The summed E-state index contributed by atoms with van der Waals surface area (Å²) in [4.78, 5) is 13.9. The third-order valence-corrected chi connectivity index (χ3v) is 3.34. The molecule has 0 aromatic heterocycles. The molecule has 0 aliphatic rings. The summed E-state index contributed by atoms with van der Waals surface area (Å²) in [5.74, 6) is -0.00184. The lowest BCUT2D eigenvalue weighted by Gasteiger charge is -2.17. The van der Waals surface area contributed by atoms with Crippen molar-refractivity contribution in [2.45, 2.75) is 25.5 Å². The number of nitrogens with one attached hydrogen (secondary N) is 1. The van der Waals surface area contributed by atoms with Gasteiger partial charge in [-0.1, -0.05) is 30.3 Å². The van der Waals surface area contributed by atoms with Crippen LogP contribution in [0.3, 0.4) is 0 Å². The van der Waals surface area contributed by atoms with E-state index in [1.807, 2.05) is 18.2 Å². The predicted octanol–water partition coefficient (Wildman–Crippen LogP) is 0.989. The van der Waals surface area contributed by atoms with Crippen LogP contribution in [0, 0.1) is 0 Å². The lowest BCUT2D eigenvalue weighted by molar-refractivity contribution is -0.123. The highest BCUT2D eigenvalue weighted by atomic mass is 16.5. The highest BCUT2D eigenvalue weighted by Crippen LogP contribution is 2.02. The van der Waals surface area contributed by atoms with Crippen molar-refractivity contribution in [1.29, 1.82) is 0 Å². The van der Waals surface area contributed by atoms with Crippen LogP contribution in [-0.2, 0) is 16.1 Å². The van der Waals surface area contributed by atoms with Crippen molar-refractivity contribution in [3.8, 4) is 0 Å². The van der Waals surface area contributed by atoms with Gasteiger partial charge in [-0.05, 0) is 25.6 Å². The lowest BCUT2D eigenvalue weighted by atomic mass is 10.2. The van der Waals surface area contributed by atoms with Gasteiger partial charge in [0.25, 0.3) is 0 Å². The molecule has 0 bridgehead atoms. The van der Waals surface area contributed by atoms with Crippen molar-refractivity contribution in [2.75, 3.05) is 33.8 Å². The molecule has 0 saturated carbocycles. The molecule has 21 heavy (non-hydrogen) atoms. The Hall–Kier alpha value is -1.43. The fraction of sp³-hybridized carbons (Fsp3) is 0.562. The van der Waals surface area contributed by atoms with Crippen LogP contribution in [-0.4, -0.2) is 50.7 Å². The SMILES string of the molecule is COC(CN)CC(=O)NCCCN(C)Cc1ccccc1. The summed E-state index contributed by atoms with van der Waals surface area (Å²) in [6.07, 6.45) is 1.06. The second-order valence-corrected chi connectivity index (χ2v) is 5.22. The van der Waals surface area contributed by atoms with E-state index in [4.69, 9.17) is 10.5 Å². The van der Waals surface area contributed by atoms with Crippen LogP contribution < -0.4 is 11.1 Å². The Kier molecular flexibility index (Phi) is 8.66. The molecule has 1 amide bonds. The van der Waals surface area contributed by atoms with Gasteiger partial charge in [-0.2, -0.15) is 0 Å². The van der Waals surface area contributed by atoms with Gasteiger partial charge in [0.05, 0.1) is 12.5 Å². The van der Waals surface area contributed by atoms with E-state index in [2.05, 4.69) is 29.4 Å². The van der Waals surface area contributed by atoms with Crippen molar-refractivity contribution in [3.63, 3.8) is 0 Å². The van der Waals surface area contributed by atoms with E-state index in [1.54, 1.807) is 7.11 Å². The molecular weight excluding hydrogens is 266 g/mol. The molecule has 3 N–H and O–H groups in total. The number of amides is 1. The molecule has 0 spiro atoms. The van der Waals surface area contributed by atoms with Gasteiger partial charge in [0.15, 0.2) is 0 Å². The third kappa shape index (κ3) is 7.80. The molecule has 1 aromatic carbocycles. The summed E-state index contributed by atoms with van der Waals surface area (Å²) in [5.41, 5.74) is 6.79. The molecule has 0 aliphatic heterocycles. The van der Waals surface area contributed by atoms with Crippen molar-refractivity contribution in [1.82, 2.24) is 10.2 Å². The first-order chi connectivity index (χ1) is 10.2. The minimum Gasteiger partial charge on any atom is -0.380 e. The quantitative estimate of drug-likeness (QED) is 0.631. The molecule has 0 radical (unpaired) electrons. The topological polar surface area (TPSA) is 67.6 Å². The molecule has 0 aliphatic carbocycles. The fourth-order valence-electron chi connectivity index (χ4n) is 2.09. The number of nitrogens with zero attached hydrogens (tertiary/aromatic N) is 1. The predicted molar refractivity (Wildman–Crippen MR) is 84.9 cm³/mol. The normalized spacial score (nSPS) is 12.4. The Labute approximate surface area is 127 Å². The maximum Gasteiger partial charge on any atom is 0.222 e. The maximum absolute atomic E-state index is 11.6. The molecule has 0 saturated heterocycles. The second-order valence-electron chi connectivity index (χ2n) is 5.22. The number of ether oxygens (including phenoxy) is 1. The first kappa shape index (κ1) is 17.6. The number of hydrogen-bond acceptors (Lipinski definition) is 4. The zero-order valence-electron chi connectivity index (χ0n) is 13.0. The van der Waals surface area contributed by atoms with Gasteiger partial charge in [0.2, 0.25) is 5.91 Å². The van der Waals surface area contributed by atoms with Crippen LogP contribution in [0.15, 0.2) is 30.3 Å². The highest BCUT2D eigenvalue weighted by molar-refractivity contribution is 5.76. The van der Waals surface area contributed by atoms with E-state index >= 15 is 0 Å². The first-order valence-corrected chi connectivity index (χ1v) is 7.37. The van der Waals surface area contributed by atoms with Gasteiger partial charge in [0.1, 0.15) is 0 Å². The van der Waals surface area contributed by atoms with Gasteiger partial charge in [-0.15, -0.1) is 0 Å². The molecular formula is C16H27N3O2. The molecule has 1 unspecified atom stereocenters. The molecule has 0 fully saturated rings. The Morgan fingerprint density at radius 2 is 2.10 bits per heavy atom. The van der Waals surface area contributed by atoms with Crippen molar-refractivity contribution in [2.24, 2.45) is 5.73 Å². The number of nitrogens with two attached hydrogens (primary N) is 1. The smallest absolute Gasteiger partial charge is 0.222 e. The molecule has 1 atom stereocenters. The van der Waals surface area contributed by atoms with Gasteiger partial charge in [0, 0.05) is 26.7 Å². The summed E-state index contributed by atoms with van der Waals surface area (Å²) < 4.78 is 5.09. The summed E-state index contributed by atoms with van der Waals surface area (Å²) in [7, 11) is 3.66. The number of methoxy groups -OCH3 is 1. The van der Waals surface area contributed by atoms with Crippen molar-refractivity contribution < 1.29 is 9.53 Å². The summed E-state index contributed by atoms with van der Waals surface area (Å²) >= 11 is 0. The molecule has 118 valence electrons. The molecule has 1 rings (SSSR count). The van der Waals surface area contributed by atoms with E-state index in [0.29, 0.717) is 19.5 Å². The average Bonchev–Trinajstić information content (AvgIpc) is 2.50. The van der Waals surface area contributed by atoms with Crippen LogP contribution in [0.25, 0.3) is 0 Å². The Morgan fingerprint density at radius 3 is 2.71 bits per heavy atom. The van der Waals surface area contributed by atoms with E-state index in [1.165, 1.54) is 5.56 Å². The van der Waals surface area contributed by atoms with Crippen LogP contribution >= 0.6 is 0 Å². The van der Waals surface area contributed by atoms with Gasteiger partial charge >= 0.3 is 0 Å². The Bertz CT molecular complexity index is 394. The monoisotopic (exact) mass is 293 g/mol. The van der Waals surface area contributed by atoms with E-state index in [-0.39, 0.29) is 12.0 Å². The Morgan fingerprint density at radius 1 is 1.38 bits per heavy atom. The van der Waals surface area contributed by atoms with Crippen LogP contribution in [0.1, 0.15) is 18.4 Å². The summed E-state index contributed by atoms with van der Waals surface area (Å²) in [6.45, 7) is 2.91. The van der Waals surface area contributed by atoms with E-state index in [0.717, 1.165) is 19.5 Å². The van der Waals surface area contributed by atoms with Crippen LogP contribution in [0.4, 0.5) is 0 Å². The largest absolute Gasteiger partial charge is 0.380 e. The standard InChI is InChI=1S/C16H27N3O2/c1-19(13-14-7-4-3-5-8-14)10-6-9-18-16(20)11-15(12-17)21-2/h3-5,7-8,15H,6,9-13,17H2,1-2H3,(H,18,20).